The van der Waals surface area contributed by atoms with Crippen LogP contribution in [0.4, 0.5) is 0 Å². The third kappa shape index (κ3) is 3.67. The highest BCUT2D eigenvalue weighted by atomic mass is 32.1. The highest BCUT2D eigenvalue weighted by Gasteiger charge is 2.34. The second-order valence-electron chi connectivity index (χ2n) is 5.82. The lowest BCUT2D eigenvalue weighted by atomic mass is 9.97. The Morgan fingerprint density at radius 3 is 2.27 bits per heavy atom. The topological polar surface area (TPSA) is 3.24 Å². The maximum Gasteiger partial charge on any atom is 0.00966 e. The van der Waals surface area contributed by atoms with Gasteiger partial charge in [0.25, 0.3) is 0 Å². The van der Waals surface area contributed by atoms with Crippen molar-refractivity contribution < 1.29 is 0 Å². The monoisotopic (exact) mass is 227 g/mol. The first-order valence-electron chi connectivity index (χ1n) is 6.55. The average molecular weight is 227 g/mol. The molecule has 0 saturated heterocycles. The molecule has 2 saturated carbocycles. The van der Waals surface area contributed by atoms with E-state index < -0.39 is 0 Å². The number of nitrogens with zero attached hydrogens (tertiary/aromatic N) is 1. The number of hydrogen-bond donors (Lipinski definition) is 1. The van der Waals surface area contributed by atoms with Crippen molar-refractivity contribution in [3.05, 3.63) is 0 Å². The summed E-state index contributed by atoms with van der Waals surface area (Å²) in [5, 5.41) is 0. The summed E-state index contributed by atoms with van der Waals surface area (Å²) in [6, 6.07) is 0.937. The molecule has 0 aromatic rings. The molecule has 15 heavy (non-hydrogen) atoms. The summed E-state index contributed by atoms with van der Waals surface area (Å²) in [5.74, 6) is 3.65. The van der Waals surface area contributed by atoms with Crippen LogP contribution in [-0.4, -0.2) is 29.8 Å². The van der Waals surface area contributed by atoms with E-state index in [-0.39, 0.29) is 0 Å². The first-order chi connectivity index (χ1) is 7.20. The molecule has 2 heteroatoms. The number of thiol groups is 1. The summed E-state index contributed by atoms with van der Waals surface area (Å²) in [7, 11) is 0. The van der Waals surface area contributed by atoms with Crippen LogP contribution in [0.2, 0.25) is 0 Å². The minimum absolute atomic E-state index is 0.781. The fourth-order valence-corrected chi connectivity index (χ4v) is 2.76. The molecule has 1 atom stereocenters. The van der Waals surface area contributed by atoms with Gasteiger partial charge in [-0.15, -0.1) is 0 Å². The molecule has 0 amide bonds. The Labute approximate surface area is 100 Å². The van der Waals surface area contributed by atoms with E-state index in [4.69, 9.17) is 0 Å². The van der Waals surface area contributed by atoms with Crippen LogP contribution in [0.25, 0.3) is 0 Å². The van der Waals surface area contributed by atoms with E-state index in [1.54, 1.807) is 0 Å². The molecule has 1 unspecified atom stereocenters. The predicted molar refractivity (Wildman–Crippen MR) is 69.5 cm³/mol. The van der Waals surface area contributed by atoms with E-state index in [9.17, 15) is 0 Å². The van der Waals surface area contributed by atoms with Crippen LogP contribution >= 0.6 is 12.6 Å². The van der Waals surface area contributed by atoms with E-state index in [2.05, 4.69) is 31.4 Å². The standard InChI is InChI=1S/C13H25NS/c1-10(2)12(9-15)8-14(13-5-6-13)7-11-3-4-11/h10-13,15H,3-9H2,1-2H3. The summed E-state index contributed by atoms with van der Waals surface area (Å²) >= 11 is 4.50. The molecular weight excluding hydrogens is 202 g/mol. The van der Waals surface area contributed by atoms with Crippen LogP contribution in [0.5, 0.6) is 0 Å². The fraction of sp³-hybridized carbons (Fsp3) is 1.00. The van der Waals surface area contributed by atoms with Gasteiger partial charge in [-0.25, -0.2) is 0 Å². The smallest absolute Gasteiger partial charge is 0.00966 e. The van der Waals surface area contributed by atoms with E-state index in [1.165, 1.54) is 38.8 Å². The van der Waals surface area contributed by atoms with Crippen LogP contribution in [0, 0.1) is 17.8 Å². The SMILES string of the molecule is CC(C)C(CS)CN(CC1CC1)C1CC1. The molecule has 2 aliphatic carbocycles. The van der Waals surface area contributed by atoms with Crippen molar-refractivity contribution in [3.63, 3.8) is 0 Å². The maximum atomic E-state index is 4.50. The van der Waals surface area contributed by atoms with Gasteiger partial charge in [-0.05, 0) is 49.2 Å². The minimum Gasteiger partial charge on any atom is -0.300 e. The van der Waals surface area contributed by atoms with Crippen molar-refractivity contribution in [1.82, 2.24) is 4.90 Å². The second-order valence-corrected chi connectivity index (χ2v) is 6.18. The van der Waals surface area contributed by atoms with Gasteiger partial charge in [0, 0.05) is 19.1 Å². The van der Waals surface area contributed by atoms with Gasteiger partial charge in [-0.1, -0.05) is 13.8 Å². The van der Waals surface area contributed by atoms with Gasteiger partial charge in [0.1, 0.15) is 0 Å². The van der Waals surface area contributed by atoms with E-state index >= 15 is 0 Å². The van der Waals surface area contributed by atoms with Crippen molar-refractivity contribution in [2.75, 3.05) is 18.8 Å². The van der Waals surface area contributed by atoms with Gasteiger partial charge in [0.15, 0.2) is 0 Å². The zero-order chi connectivity index (χ0) is 10.8. The Kier molecular flexibility index (Phi) is 4.00. The summed E-state index contributed by atoms with van der Waals surface area (Å²) in [6.07, 6.45) is 5.86. The van der Waals surface area contributed by atoms with Gasteiger partial charge in [-0.2, -0.15) is 12.6 Å². The number of hydrogen-bond acceptors (Lipinski definition) is 2. The van der Waals surface area contributed by atoms with Crippen LogP contribution in [0.3, 0.4) is 0 Å². The third-order valence-electron chi connectivity index (χ3n) is 3.90. The molecule has 0 aliphatic heterocycles. The lowest BCUT2D eigenvalue weighted by molar-refractivity contribution is 0.198. The summed E-state index contributed by atoms with van der Waals surface area (Å²) in [4.78, 5) is 2.76. The van der Waals surface area contributed by atoms with E-state index in [1.807, 2.05) is 0 Å². The zero-order valence-electron chi connectivity index (χ0n) is 10.2. The van der Waals surface area contributed by atoms with Gasteiger partial charge in [0.05, 0.1) is 0 Å². The highest BCUT2D eigenvalue weighted by molar-refractivity contribution is 7.80. The molecule has 0 N–H and O–H groups in total. The van der Waals surface area contributed by atoms with Gasteiger partial charge >= 0.3 is 0 Å². The molecule has 2 aliphatic rings. The van der Waals surface area contributed by atoms with Crippen LogP contribution in [0.15, 0.2) is 0 Å². The Balaban J connectivity index is 1.80. The van der Waals surface area contributed by atoms with E-state index in [0.29, 0.717) is 0 Å². The Hall–Kier alpha value is 0.310. The van der Waals surface area contributed by atoms with Gasteiger partial charge in [0.2, 0.25) is 0 Å². The lowest BCUT2D eigenvalue weighted by Gasteiger charge is -2.28. The van der Waals surface area contributed by atoms with E-state index in [0.717, 1.165) is 29.5 Å². The third-order valence-corrected chi connectivity index (χ3v) is 4.37. The van der Waals surface area contributed by atoms with Crippen molar-refractivity contribution in [1.29, 1.82) is 0 Å². The molecule has 0 radical (unpaired) electrons. The molecule has 0 aromatic heterocycles. The van der Waals surface area contributed by atoms with Gasteiger partial charge < -0.3 is 0 Å². The Bertz CT molecular complexity index is 197. The van der Waals surface area contributed by atoms with Crippen LogP contribution in [-0.2, 0) is 0 Å². The molecule has 0 aromatic carbocycles. The van der Waals surface area contributed by atoms with Crippen molar-refractivity contribution in [2.45, 2.75) is 45.6 Å². The molecular formula is C13H25NS. The molecule has 2 fully saturated rings. The van der Waals surface area contributed by atoms with Crippen molar-refractivity contribution in [2.24, 2.45) is 17.8 Å². The van der Waals surface area contributed by atoms with Crippen LogP contribution in [0.1, 0.15) is 39.5 Å². The quantitative estimate of drug-likeness (QED) is 0.654. The zero-order valence-corrected chi connectivity index (χ0v) is 11.0. The summed E-state index contributed by atoms with van der Waals surface area (Å²) in [5.41, 5.74) is 0. The largest absolute Gasteiger partial charge is 0.300 e. The molecule has 0 bridgehead atoms. The Morgan fingerprint density at radius 2 is 1.87 bits per heavy atom. The van der Waals surface area contributed by atoms with Crippen LogP contribution < -0.4 is 0 Å². The summed E-state index contributed by atoms with van der Waals surface area (Å²) in [6.45, 7) is 7.34. The summed E-state index contributed by atoms with van der Waals surface area (Å²) < 4.78 is 0. The first-order valence-corrected chi connectivity index (χ1v) is 7.19. The molecule has 0 heterocycles. The Morgan fingerprint density at radius 1 is 1.20 bits per heavy atom. The molecule has 0 spiro atoms. The highest BCUT2D eigenvalue weighted by Crippen LogP contribution is 2.35. The van der Waals surface area contributed by atoms with Gasteiger partial charge in [-0.3, -0.25) is 4.90 Å². The molecule has 1 nitrogen and oxygen atoms in total. The number of rotatable bonds is 7. The van der Waals surface area contributed by atoms with Crippen molar-refractivity contribution >= 4 is 12.6 Å². The minimum atomic E-state index is 0.781. The normalized spacial score (nSPS) is 23.8. The average Bonchev–Trinajstić information content (AvgIpc) is 3.00. The lowest BCUT2D eigenvalue weighted by Crippen LogP contribution is -2.35. The fourth-order valence-electron chi connectivity index (χ4n) is 2.23. The first kappa shape index (κ1) is 11.8. The molecule has 2 rings (SSSR count). The second kappa shape index (κ2) is 5.09. The molecule has 88 valence electrons. The maximum absolute atomic E-state index is 4.50. The van der Waals surface area contributed by atoms with Crippen molar-refractivity contribution in [3.8, 4) is 0 Å². The predicted octanol–water partition coefficient (Wildman–Crippen LogP) is 3.06.